The normalized spacial score (nSPS) is 15.4. The quantitative estimate of drug-likeness (QED) is 0.837. The van der Waals surface area contributed by atoms with Crippen molar-refractivity contribution in [2.45, 2.75) is 38.6 Å². The van der Waals surface area contributed by atoms with Crippen LogP contribution in [0.5, 0.6) is 0 Å². The summed E-state index contributed by atoms with van der Waals surface area (Å²) in [6.45, 7) is 2.45. The van der Waals surface area contributed by atoms with Crippen LogP contribution in [0.4, 0.5) is 5.82 Å². The zero-order chi connectivity index (χ0) is 11.8. The SMILES string of the molecule is CCc1c(N)nnn1Cc1nc(C2CC2)no1. The second kappa shape index (κ2) is 3.83. The van der Waals surface area contributed by atoms with Gasteiger partial charge in [0.25, 0.3) is 0 Å². The molecule has 1 aliphatic rings. The largest absolute Gasteiger partial charge is 0.381 e. The summed E-state index contributed by atoms with van der Waals surface area (Å²) in [5.41, 5.74) is 6.61. The fourth-order valence-electron chi connectivity index (χ4n) is 1.80. The number of nitrogens with two attached hydrogens (primary N) is 1. The van der Waals surface area contributed by atoms with Gasteiger partial charge in [0.05, 0.1) is 5.69 Å². The van der Waals surface area contributed by atoms with Crippen molar-refractivity contribution in [3.63, 3.8) is 0 Å². The van der Waals surface area contributed by atoms with E-state index < -0.39 is 0 Å². The maximum absolute atomic E-state index is 5.71. The molecule has 90 valence electrons. The van der Waals surface area contributed by atoms with Crippen molar-refractivity contribution in [3.8, 4) is 0 Å². The van der Waals surface area contributed by atoms with E-state index >= 15 is 0 Å². The van der Waals surface area contributed by atoms with E-state index in [0.717, 1.165) is 30.8 Å². The maximum Gasteiger partial charge on any atom is 0.248 e. The lowest BCUT2D eigenvalue weighted by Gasteiger charge is -2.00. The van der Waals surface area contributed by atoms with Crippen LogP contribution in [-0.2, 0) is 13.0 Å². The first-order valence-corrected chi connectivity index (χ1v) is 5.78. The van der Waals surface area contributed by atoms with Gasteiger partial charge in [-0.05, 0) is 19.3 Å². The Hall–Kier alpha value is -1.92. The first-order chi connectivity index (χ1) is 8.28. The molecule has 1 saturated carbocycles. The first-order valence-electron chi connectivity index (χ1n) is 5.78. The monoisotopic (exact) mass is 234 g/mol. The highest BCUT2D eigenvalue weighted by molar-refractivity contribution is 5.32. The Kier molecular flexibility index (Phi) is 2.31. The molecule has 0 bridgehead atoms. The summed E-state index contributed by atoms with van der Waals surface area (Å²) < 4.78 is 6.90. The Labute approximate surface area is 98.0 Å². The fraction of sp³-hybridized carbons (Fsp3) is 0.600. The molecule has 17 heavy (non-hydrogen) atoms. The van der Waals surface area contributed by atoms with Crippen molar-refractivity contribution in [3.05, 3.63) is 17.4 Å². The molecule has 0 spiro atoms. The van der Waals surface area contributed by atoms with E-state index in [4.69, 9.17) is 10.3 Å². The summed E-state index contributed by atoms with van der Waals surface area (Å²) in [6, 6.07) is 0. The highest BCUT2D eigenvalue weighted by Gasteiger charge is 2.28. The third-order valence-corrected chi connectivity index (χ3v) is 2.91. The van der Waals surface area contributed by atoms with Crippen LogP contribution in [0, 0.1) is 0 Å². The van der Waals surface area contributed by atoms with Gasteiger partial charge in [0, 0.05) is 5.92 Å². The minimum absolute atomic E-state index is 0.438. The van der Waals surface area contributed by atoms with Gasteiger partial charge < -0.3 is 10.3 Å². The summed E-state index contributed by atoms with van der Waals surface area (Å²) in [7, 11) is 0. The molecule has 1 aliphatic carbocycles. The smallest absolute Gasteiger partial charge is 0.248 e. The van der Waals surface area contributed by atoms with Gasteiger partial charge in [-0.25, -0.2) is 4.68 Å². The van der Waals surface area contributed by atoms with Crippen LogP contribution in [0.2, 0.25) is 0 Å². The molecule has 0 amide bonds. The lowest BCUT2D eigenvalue weighted by molar-refractivity contribution is 0.358. The number of hydrogen-bond acceptors (Lipinski definition) is 6. The average molecular weight is 234 g/mol. The minimum Gasteiger partial charge on any atom is -0.381 e. The van der Waals surface area contributed by atoms with E-state index in [0.29, 0.717) is 24.2 Å². The summed E-state index contributed by atoms with van der Waals surface area (Å²) >= 11 is 0. The van der Waals surface area contributed by atoms with Crippen molar-refractivity contribution < 1.29 is 4.52 Å². The number of hydrogen-bond donors (Lipinski definition) is 1. The molecular weight excluding hydrogens is 220 g/mol. The zero-order valence-corrected chi connectivity index (χ0v) is 9.63. The molecule has 7 heteroatoms. The van der Waals surface area contributed by atoms with E-state index in [2.05, 4.69) is 20.5 Å². The Bertz CT molecular complexity index is 527. The number of rotatable bonds is 4. The van der Waals surface area contributed by atoms with Gasteiger partial charge in [-0.15, -0.1) is 5.10 Å². The Morgan fingerprint density at radius 2 is 2.29 bits per heavy atom. The number of nitrogens with zero attached hydrogens (tertiary/aromatic N) is 5. The third kappa shape index (κ3) is 1.88. The van der Waals surface area contributed by atoms with Crippen LogP contribution in [0.1, 0.15) is 43.1 Å². The Morgan fingerprint density at radius 3 is 3.00 bits per heavy atom. The molecule has 2 N–H and O–H groups in total. The van der Waals surface area contributed by atoms with Crippen molar-refractivity contribution in [1.29, 1.82) is 0 Å². The molecule has 0 aliphatic heterocycles. The molecule has 2 aromatic heterocycles. The van der Waals surface area contributed by atoms with E-state index in [1.807, 2.05) is 6.92 Å². The number of anilines is 1. The van der Waals surface area contributed by atoms with Crippen LogP contribution >= 0.6 is 0 Å². The van der Waals surface area contributed by atoms with Crippen molar-refractivity contribution in [1.82, 2.24) is 25.1 Å². The van der Waals surface area contributed by atoms with E-state index in [-0.39, 0.29) is 0 Å². The molecule has 1 fully saturated rings. The highest BCUT2D eigenvalue weighted by atomic mass is 16.5. The summed E-state index contributed by atoms with van der Waals surface area (Å²) in [4.78, 5) is 4.34. The highest BCUT2D eigenvalue weighted by Crippen LogP contribution is 2.38. The van der Waals surface area contributed by atoms with Crippen LogP contribution in [-0.4, -0.2) is 25.1 Å². The molecular formula is C10H14N6O. The van der Waals surface area contributed by atoms with Crippen LogP contribution < -0.4 is 5.73 Å². The molecule has 0 radical (unpaired) electrons. The molecule has 0 unspecified atom stereocenters. The Morgan fingerprint density at radius 1 is 1.47 bits per heavy atom. The van der Waals surface area contributed by atoms with Crippen LogP contribution in [0.3, 0.4) is 0 Å². The lowest BCUT2D eigenvalue weighted by Crippen LogP contribution is -2.07. The second-order valence-electron chi connectivity index (χ2n) is 4.25. The standard InChI is InChI=1S/C10H14N6O/c1-2-7-9(11)13-15-16(7)5-8-12-10(14-17-8)6-3-4-6/h6H,2-5,11H2,1H3. The van der Waals surface area contributed by atoms with Gasteiger partial charge in [-0.3, -0.25) is 0 Å². The van der Waals surface area contributed by atoms with Crippen LogP contribution in [0.25, 0.3) is 0 Å². The summed E-state index contributed by atoms with van der Waals surface area (Å²) in [6.07, 6.45) is 3.10. The third-order valence-electron chi connectivity index (χ3n) is 2.91. The van der Waals surface area contributed by atoms with Gasteiger partial charge in [-0.2, -0.15) is 4.98 Å². The molecule has 7 nitrogen and oxygen atoms in total. The minimum atomic E-state index is 0.438. The average Bonchev–Trinajstić information content (AvgIpc) is 2.98. The maximum atomic E-state index is 5.71. The predicted octanol–water partition coefficient (Wildman–Crippen LogP) is 0.731. The summed E-state index contributed by atoms with van der Waals surface area (Å²) in [5, 5.41) is 11.8. The molecule has 2 heterocycles. The van der Waals surface area contributed by atoms with Crippen molar-refractivity contribution in [2.75, 3.05) is 5.73 Å². The van der Waals surface area contributed by atoms with Crippen LogP contribution in [0.15, 0.2) is 4.52 Å². The van der Waals surface area contributed by atoms with E-state index in [1.165, 1.54) is 0 Å². The van der Waals surface area contributed by atoms with Crippen molar-refractivity contribution >= 4 is 5.82 Å². The first kappa shape index (κ1) is 10.2. The topological polar surface area (TPSA) is 95.7 Å². The van der Waals surface area contributed by atoms with Gasteiger partial charge in [-0.1, -0.05) is 17.3 Å². The van der Waals surface area contributed by atoms with Crippen molar-refractivity contribution in [2.24, 2.45) is 0 Å². The van der Waals surface area contributed by atoms with Gasteiger partial charge in [0.2, 0.25) is 5.89 Å². The van der Waals surface area contributed by atoms with Gasteiger partial charge in [0.15, 0.2) is 11.6 Å². The zero-order valence-electron chi connectivity index (χ0n) is 9.63. The fourth-order valence-corrected chi connectivity index (χ4v) is 1.80. The molecule has 0 saturated heterocycles. The van der Waals surface area contributed by atoms with Gasteiger partial charge >= 0.3 is 0 Å². The Balaban J connectivity index is 1.80. The van der Waals surface area contributed by atoms with E-state index in [9.17, 15) is 0 Å². The predicted molar refractivity (Wildman–Crippen MR) is 59.2 cm³/mol. The number of nitrogen functional groups attached to an aromatic ring is 1. The molecule has 0 atom stereocenters. The van der Waals surface area contributed by atoms with E-state index in [1.54, 1.807) is 4.68 Å². The molecule has 3 rings (SSSR count). The van der Waals surface area contributed by atoms with Gasteiger partial charge in [0.1, 0.15) is 6.54 Å². The molecule has 2 aromatic rings. The lowest BCUT2D eigenvalue weighted by atomic mass is 10.3. The number of aromatic nitrogens is 5. The molecule has 0 aromatic carbocycles. The second-order valence-corrected chi connectivity index (χ2v) is 4.25. The summed E-state index contributed by atoms with van der Waals surface area (Å²) in [5.74, 6) is 2.34.